The number of phenols is 1. The third kappa shape index (κ3) is 4.28. The van der Waals surface area contributed by atoms with Crippen LogP contribution in [0.1, 0.15) is 24.0 Å². The molecule has 0 aliphatic heterocycles. The van der Waals surface area contributed by atoms with Gasteiger partial charge in [0.1, 0.15) is 29.8 Å². The van der Waals surface area contributed by atoms with E-state index in [2.05, 4.69) is 0 Å². The second-order valence-corrected chi connectivity index (χ2v) is 5.14. The molecular formula is C20H20O4. The predicted molar refractivity (Wildman–Crippen MR) is 93.5 cm³/mol. The standard InChI is InChI=1S/C20H20O4/c1-3-4-12-24-17-8-9-19(20(22)14-17)18(10-11-21)15-6-5-7-16(13-15)23-2/h3-10,13-14,18,22H,12H2,1-2H3. The van der Waals surface area contributed by atoms with Gasteiger partial charge in [-0.1, -0.05) is 30.4 Å². The van der Waals surface area contributed by atoms with Gasteiger partial charge in [-0.05, 0) is 30.7 Å². The van der Waals surface area contributed by atoms with Crippen molar-refractivity contribution in [2.24, 2.45) is 0 Å². The zero-order valence-corrected chi connectivity index (χ0v) is 13.7. The number of aromatic hydroxyl groups is 1. The Morgan fingerprint density at radius 1 is 1.21 bits per heavy atom. The first kappa shape index (κ1) is 17.4. The lowest BCUT2D eigenvalue weighted by Gasteiger charge is -2.16. The molecule has 0 radical (unpaired) electrons. The number of rotatable bonds is 7. The largest absolute Gasteiger partial charge is 0.507 e. The monoisotopic (exact) mass is 324 g/mol. The second-order valence-electron chi connectivity index (χ2n) is 5.14. The van der Waals surface area contributed by atoms with Crippen molar-refractivity contribution < 1.29 is 19.4 Å². The van der Waals surface area contributed by atoms with Crippen molar-refractivity contribution in [1.82, 2.24) is 0 Å². The number of methoxy groups -OCH3 is 1. The summed E-state index contributed by atoms with van der Waals surface area (Å²) < 4.78 is 10.7. The van der Waals surface area contributed by atoms with Gasteiger partial charge in [0.15, 0.2) is 0 Å². The maximum atomic E-state index is 10.9. The molecule has 0 spiro atoms. The van der Waals surface area contributed by atoms with Crippen molar-refractivity contribution in [2.75, 3.05) is 13.7 Å². The van der Waals surface area contributed by atoms with E-state index in [1.54, 1.807) is 25.3 Å². The Bertz CT molecular complexity index is 758. The topological polar surface area (TPSA) is 55.8 Å². The van der Waals surface area contributed by atoms with Crippen molar-refractivity contribution in [3.8, 4) is 17.2 Å². The van der Waals surface area contributed by atoms with Crippen molar-refractivity contribution in [1.29, 1.82) is 0 Å². The van der Waals surface area contributed by atoms with Gasteiger partial charge in [-0.15, -0.1) is 0 Å². The number of hydrogen-bond acceptors (Lipinski definition) is 4. The van der Waals surface area contributed by atoms with Crippen LogP contribution < -0.4 is 9.47 Å². The smallest absolute Gasteiger partial charge is 0.123 e. The lowest BCUT2D eigenvalue weighted by atomic mass is 9.90. The summed E-state index contributed by atoms with van der Waals surface area (Å²) in [5, 5.41) is 10.4. The Kier molecular flexibility index (Phi) is 6.23. The normalized spacial score (nSPS) is 11.8. The van der Waals surface area contributed by atoms with E-state index in [0.717, 1.165) is 5.56 Å². The summed E-state index contributed by atoms with van der Waals surface area (Å²) in [4.78, 5) is 10.9. The van der Waals surface area contributed by atoms with Crippen LogP contribution in [0.25, 0.3) is 0 Å². The van der Waals surface area contributed by atoms with Crippen LogP contribution in [0.2, 0.25) is 0 Å². The first-order chi connectivity index (χ1) is 11.7. The third-order valence-corrected chi connectivity index (χ3v) is 3.61. The molecule has 4 heteroatoms. The van der Waals surface area contributed by atoms with Crippen LogP contribution in [0.5, 0.6) is 17.2 Å². The maximum Gasteiger partial charge on any atom is 0.123 e. The summed E-state index contributed by atoms with van der Waals surface area (Å²) >= 11 is 0. The zero-order chi connectivity index (χ0) is 17.4. The molecule has 1 unspecified atom stereocenters. The molecule has 24 heavy (non-hydrogen) atoms. The zero-order valence-electron chi connectivity index (χ0n) is 13.7. The maximum absolute atomic E-state index is 10.9. The quantitative estimate of drug-likeness (QED) is 0.620. The molecule has 0 aliphatic rings. The lowest BCUT2D eigenvalue weighted by Crippen LogP contribution is -2.00. The highest BCUT2D eigenvalue weighted by atomic mass is 16.5. The first-order valence-corrected chi connectivity index (χ1v) is 7.61. The number of benzene rings is 2. The number of ether oxygens (including phenoxy) is 2. The van der Waals surface area contributed by atoms with E-state index in [1.807, 2.05) is 49.3 Å². The molecule has 1 atom stereocenters. The summed E-state index contributed by atoms with van der Waals surface area (Å²) in [6, 6.07) is 12.4. The predicted octanol–water partition coefficient (Wildman–Crippen LogP) is 3.88. The molecule has 0 saturated heterocycles. The number of carbonyl (C=O) groups excluding carboxylic acids is 1. The Balaban J connectivity index is 2.35. The van der Waals surface area contributed by atoms with Gasteiger partial charge in [0.2, 0.25) is 0 Å². The van der Waals surface area contributed by atoms with Crippen LogP contribution in [-0.4, -0.2) is 24.8 Å². The molecule has 2 aromatic carbocycles. The summed E-state index contributed by atoms with van der Waals surface area (Å²) in [7, 11) is 1.58. The Hall–Kier alpha value is -2.97. The highest BCUT2D eigenvalue weighted by Gasteiger charge is 2.17. The van der Waals surface area contributed by atoms with Crippen LogP contribution >= 0.6 is 0 Å². The van der Waals surface area contributed by atoms with Crippen LogP contribution in [0.4, 0.5) is 0 Å². The van der Waals surface area contributed by atoms with E-state index in [0.29, 0.717) is 23.7 Å². The van der Waals surface area contributed by atoms with Gasteiger partial charge in [-0.3, -0.25) is 0 Å². The molecule has 2 rings (SSSR count). The molecule has 0 saturated carbocycles. The van der Waals surface area contributed by atoms with Crippen molar-refractivity contribution in [2.45, 2.75) is 12.8 Å². The first-order valence-electron chi connectivity index (χ1n) is 7.61. The Labute approximate surface area is 141 Å². The molecule has 0 heterocycles. The molecule has 0 amide bonds. The van der Waals surface area contributed by atoms with E-state index in [1.165, 1.54) is 6.08 Å². The Morgan fingerprint density at radius 3 is 2.71 bits per heavy atom. The number of hydrogen-bond donors (Lipinski definition) is 1. The molecular weight excluding hydrogens is 304 g/mol. The molecule has 0 fully saturated rings. The fourth-order valence-corrected chi connectivity index (χ4v) is 2.39. The minimum atomic E-state index is -0.415. The van der Waals surface area contributed by atoms with Crippen LogP contribution in [0, 0.1) is 0 Å². The van der Waals surface area contributed by atoms with E-state index in [4.69, 9.17) is 9.47 Å². The molecule has 2 aromatic rings. The van der Waals surface area contributed by atoms with Crippen molar-refractivity contribution in [3.05, 3.63) is 71.8 Å². The molecule has 0 bridgehead atoms. The fraction of sp³-hybridized carbons (Fsp3) is 0.200. The van der Waals surface area contributed by atoms with E-state index in [9.17, 15) is 9.90 Å². The van der Waals surface area contributed by atoms with Gasteiger partial charge in [-0.25, -0.2) is 4.79 Å². The molecule has 1 N–H and O–H groups in total. The molecule has 124 valence electrons. The molecule has 4 nitrogen and oxygen atoms in total. The highest BCUT2D eigenvalue weighted by molar-refractivity contribution is 5.56. The van der Waals surface area contributed by atoms with Gasteiger partial charge in [0, 0.05) is 23.6 Å². The fourth-order valence-electron chi connectivity index (χ4n) is 2.39. The van der Waals surface area contributed by atoms with Crippen molar-refractivity contribution >= 4 is 5.94 Å². The average Bonchev–Trinajstić information content (AvgIpc) is 2.60. The van der Waals surface area contributed by atoms with Crippen LogP contribution in [-0.2, 0) is 4.79 Å². The summed E-state index contributed by atoms with van der Waals surface area (Å²) in [6.07, 6.45) is 5.14. The van der Waals surface area contributed by atoms with Gasteiger partial charge < -0.3 is 14.6 Å². The number of phenolic OH excluding ortho intramolecular Hbond substituents is 1. The van der Waals surface area contributed by atoms with E-state index in [-0.39, 0.29) is 5.75 Å². The minimum absolute atomic E-state index is 0.0623. The lowest BCUT2D eigenvalue weighted by molar-refractivity contribution is 0.359. The molecule has 0 aromatic heterocycles. The van der Waals surface area contributed by atoms with Gasteiger partial charge in [0.25, 0.3) is 0 Å². The summed E-state index contributed by atoms with van der Waals surface area (Å²) in [5.41, 5.74) is 1.43. The van der Waals surface area contributed by atoms with Gasteiger partial charge in [0.05, 0.1) is 7.11 Å². The van der Waals surface area contributed by atoms with Gasteiger partial charge >= 0.3 is 0 Å². The van der Waals surface area contributed by atoms with Crippen LogP contribution in [0.3, 0.4) is 0 Å². The van der Waals surface area contributed by atoms with E-state index >= 15 is 0 Å². The van der Waals surface area contributed by atoms with E-state index < -0.39 is 5.92 Å². The third-order valence-electron chi connectivity index (χ3n) is 3.61. The highest BCUT2D eigenvalue weighted by Crippen LogP contribution is 2.35. The van der Waals surface area contributed by atoms with Crippen LogP contribution in [0.15, 0.2) is 60.7 Å². The van der Waals surface area contributed by atoms with Crippen molar-refractivity contribution in [3.63, 3.8) is 0 Å². The second kappa shape index (κ2) is 8.61. The summed E-state index contributed by atoms with van der Waals surface area (Å²) in [6.45, 7) is 2.34. The molecule has 0 aliphatic carbocycles. The SMILES string of the molecule is CC=CCOc1ccc(C(C=C=O)c2cccc(OC)c2)c(O)c1. The minimum Gasteiger partial charge on any atom is -0.507 e. The summed E-state index contributed by atoms with van der Waals surface area (Å²) in [5.74, 6) is 2.71. The Morgan fingerprint density at radius 2 is 2.04 bits per heavy atom. The number of allylic oxidation sites excluding steroid dienone is 2. The van der Waals surface area contributed by atoms with Gasteiger partial charge in [-0.2, -0.15) is 0 Å². The average molecular weight is 324 g/mol.